The van der Waals surface area contributed by atoms with Crippen molar-refractivity contribution in [2.75, 3.05) is 5.75 Å². The average Bonchev–Trinajstić information content (AvgIpc) is 2.48. The van der Waals surface area contributed by atoms with Crippen LogP contribution < -0.4 is 0 Å². The zero-order chi connectivity index (χ0) is 10.6. The van der Waals surface area contributed by atoms with Gasteiger partial charge in [0.1, 0.15) is 0 Å². The molecule has 84 valence electrons. The Hall–Kier alpha value is -0.0500. The fourth-order valence-corrected chi connectivity index (χ4v) is 4.78. The monoisotopic (exact) mass is 218 g/mol. The van der Waals surface area contributed by atoms with Gasteiger partial charge in [-0.3, -0.25) is 0 Å². The summed E-state index contributed by atoms with van der Waals surface area (Å²) in [5, 5.41) is -0.0148. The first-order chi connectivity index (χ1) is 6.61. The standard InChI is InChI=1S/C11H22O2S/c1-3-5-7-10(4-2)11-8-6-9-14(11,12)13/h10-11H,3-9H2,1-2H3. The lowest BCUT2D eigenvalue weighted by molar-refractivity contribution is 0.415. The van der Waals surface area contributed by atoms with E-state index in [1.54, 1.807) is 0 Å². The van der Waals surface area contributed by atoms with Crippen molar-refractivity contribution >= 4 is 9.84 Å². The van der Waals surface area contributed by atoms with Crippen molar-refractivity contribution in [2.24, 2.45) is 5.92 Å². The first-order valence-electron chi connectivity index (χ1n) is 5.83. The third-order valence-corrected chi connectivity index (χ3v) is 5.76. The van der Waals surface area contributed by atoms with Crippen molar-refractivity contribution < 1.29 is 8.42 Å². The molecule has 1 aliphatic rings. The van der Waals surface area contributed by atoms with Crippen molar-refractivity contribution in [1.29, 1.82) is 0 Å². The van der Waals surface area contributed by atoms with Gasteiger partial charge in [-0.2, -0.15) is 0 Å². The van der Waals surface area contributed by atoms with Gasteiger partial charge in [-0.1, -0.05) is 33.1 Å². The molecule has 0 bridgehead atoms. The van der Waals surface area contributed by atoms with Gasteiger partial charge in [0.25, 0.3) is 0 Å². The third-order valence-electron chi connectivity index (χ3n) is 3.36. The van der Waals surface area contributed by atoms with E-state index in [0.29, 0.717) is 11.7 Å². The van der Waals surface area contributed by atoms with Crippen molar-refractivity contribution in [3.05, 3.63) is 0 Å². The molecular weight excluding hydrogens is 196 g/mol. The minimum Gasteiger partial charge on any atom is -0.229 e. The number of unbranched alkanes of at least 4 members (excludes halogenated alkanes) is 1. The smallest absolute Gasteiger partial charge is 0.153 e. The van der Waals surface area contributed by atoms with E-state index in [1.807, 2.05) is 0 Å². The number of sulfone groups is 1. The normalized spacial score (nSPS) is 27.7. The van der Waals surface area contributed by atoms with Crippen molar-refractivity contribution in [3.63, 3.8) is 0 Å². The van der Waals surface area contributed by atoms with Crippen LogP contribution in [0, 0.1) is 5.92 Å². The van der Waals surface area contributed by atoms with Crippen LogP contribution in [0.5, 0.6) is 0 Å². The van der Waals surface area contributed by atoms with Crippen molar-refractivity contribution in [3.8, 4) is 0 Å². The van der Waals surface area contributed by atoms with Crippen LogP contribution in [0.15, 0.2) is 0 Å². The first kappa shape index (κ1) is 12.0. The summed E-state index contributed by atoms with van der Waals surface area (Å²) < 4.78 is 23.5. The molecule has 0 aromatic carbocycles. The zero-order valence-corrected chi connectivity index (χ0v) is 10.1. The Morgan fingerprint density at radius 1 is 1.36 bits per heavy atom. The van der Waals surface area contributed by atoms with Crippen LogP contribution >= 0.6 is 0 Å². The molecule has 2 atom stereocenters. The minimum atomic E-state index is -2.73. The number of hydrogen-bond acceptors (Lipinski definition) is 2. The molecule has 14 heavy (non-hydrogen) atoms. The summed E-state index contributed by atoms with van der Waals surface area (Å²) in [6, 6.07) is 0. The molecule has 0 aromatic rings. The summed E-state index contributed by atoms with van der Waals surface area (Å²) in [6.07, 6.45) is 6.24. The predicted molar refractivity (Wildman–Crippen MR) is 60.1 cm³/mol. The van der Waals surface area contributed by atoms with Gasteiger partial charge in [0.2, 0.25) is 0 Å². The van der Waals surface area contributed by atoms with Crippen LogP contribution in [0.2, 0.25) is 0 Å². The van der Waals surface area contributed by atoms with E-state index in [0.717, 1.165) is 25.7 Å². The van der Waals surface area contributed by atoms with E-state index in [9.17, 15) is 8.42 Å². The van der Waals surface area contributed by atoms with Crippen molar-refractivity contribution in [2.45, 2.75) is 57.6 Å². The van der Waals surface area contributed by atoms with Gasteiger partial charge in [-0.05, 0) is 25.2 Å². The molecule has 0 amide bonds. The van der Waals surface area contributed by atoms with Gasteiger partial charge < -0.3 is 0 Å². The second-order valence-corrected chi connectivity index (χ2v) is 6.70. The van der Waals surface area contributed by atoms with Crippen LogP contribution in [0.4, 0.5) is 0 Å². The summed E-state index contributed by atoms with van der Waals surface area (Å²) in [4.78, 5) is 0. The Bertz CT molecular complexity index is 256. The second-order valence-electron chi connectivity index (χ2n) is 4.36. The fraction of sp³-hybridized carbons (Fsp3) is 1.00. The van der Waals surface area contributed by atoms with Gasteiger partial charge in [-0.25, -0.2) is 8.42 Å². The predicted octanol–water partition coefficient (Wildman–Crippen LogP) is 2.78. The molecule has 0 aromatic heterocycles. The molecule has 0 radical (unpaired) electrons. The molecule has 0 N–H and O–H groups in total. The highest BCUT2D eigenvalue weighted by Gasteiger charge is 2.36. The molecule has 0 aliphatic carbocycles. The average molecular weight is 218 g/mol. The fourth-order valence-electron chi connectivity index (χ4n) is 2.46. The highest BCUT2D eigenvalue weighted by atomic mass is 32.2. The SMILES string of the molecule is CCCCC(CC)C1CCCS1(=O)=O. The van der Waals surface area contributed by atoms with E-state index in [2.05, 4.69) is 13.8 Å². The molecule has 1 fully saturated rings. The third kappa shape index (κ3) is 2.72. The van der Waals surface area contributed by atoms with Gasteiger partial charge in [-0.15, -0.1) is 0 Å². The maximum absolute atomic E-state index is 11.7. The minimum absolute atomic E-state index is 0.0148. The molecule has 1 aliphatic heterocycles. The Morgan fingerprint density at radius 2 is 2.07 bits per heavy atom. The highest BCUT2D eigenvalue weighted by Crippen LogP contribution is 2.31. The van der Waals surface area contributed by atoms with Crippen LogP contribution in [-0.4, -0.2) is 19.4 Å². The van der Waals surface area contributed by atoms with E-state index in [4.69, 9.17) is 0 Å². The molecule has 2 nitrogen and oxygen atoms in total. The zero-order valence-electron chi connectivity index (χ0n) is 9.33. The number of hydrogen-bond donors (Lipinski definition) is 0. The maximum Gasteiger partial charge on any atom is 0.153 e. The summed E-state index contributed by atoms with van der Waals surface area (Å²) in [6.45, 7) is 4.28. The Labute approximate surface area is 88.0 Å². The largest absolute Gasteiger partial charge is 0.229 e. The Morgan fingerprint density at radius 3 is 2.50 bits per heavy atom. The van der Waals surface area contributed by atoms with Gasteiger partial charge in [0, 0.05) is 0 Å². The van der Waals surface area contributed by atoms with E-state index >= 15 is 0 Å². The molecule has 1 saturated heterocycles. The highest BCUT2D eigenvalue weighted by molar-refractivity contribution is 7.92. The van der Waals surface area contributed by atoms with Crippen LogP contribution in [0.1, 0.15) is 52.4 Å². The van der Waals surface area contributed by atoms with E-state index in [1.165, 1.54) is 12.8 Å². The first-order valence-corrected chi connectivity index (χ1v) is 7.55. The molecule has 3 heteroatoms. The molecule has 1 rings (SSSR count). The molecule has 0 saturated carbocycles. The van der Waals surface area contributed by atoms with Gasteiger partial charge >= 0.3 is 0 Å². The van der Waals surface area contributed by atoms with E-state index in [-0.39, 0.29) is 5.25 Å². The second kappa shape index (κ2) is 5.15. The molecule has 1 heterocycles. The van der Waals surface area contributed by atoms with Crippen LogP contribution in [0.3, 0.4) is 0 Å². The lowest BCUT2D eigenvalue weighted by atomic mass is 9.93. The van der Waals surface area contributed by atoms with Crippen molar-refractivity contribution in [1.82, 2.24) is 0 Å². The maximum atomic E-state index is 11.7. The summed E-state index contributed by atoms with van der Waals surface area (Å²) in [5.74, 6) is 0.850. The topological polar surface area (TPSA) is 34.1 Å². The summed E-state index contributed by atoms with van der Waals surface area (Å²) in [5.41, 5.74) is 0. The summed E-state index contributed by atoms with van der Waals surface area (Å²) >= 11 is 0. The van der Waals surface area contributed by atoms with E-state index < -0.39 is 9.84 Å². The summed E-state index contributed by atoms with van der Waals surface area (Å²) in [7, 11) is -2.73. The Kier molecular flexibility index (Phi) is 4.42. The van der Waals surface area contributed by atoms with Gasteiger partial charge in [0.05, 0.1) is 11.0 Å². The van der Waals surface area contributed by atoms with Gasteiger partial charge in [0.15, 0.2) is 9.84 Å². The van der Waals surface area contributed by atoms with Crippen LogP contribution in [-0.2, 0) is 9.84 Å². The lowest BCUT2D eigenvalue weighted by Crippen LogP contribution is -2.25. The van der Waals surface area contributed by atoms with Crippen LogP contribution in [0.25, 0.3) is 0 Å². The quantitative estimate of drug-likeness (QED) is 0.711. The molecule has 2 unspecified atom stereocenters. The molecule has 0 spiro atoms. The number of rotatable bonds is 5. The lowest BCUT2D eigenvalue weighted by Gasteiger charge is -2.20. The Balaban J connectivity index is 2.60. The molecular formula is C11H22O2S.